The van der Waals surface area contributed by atoms with Crippen LogP contribution in [0, 0.1) is 4.77 Å². The quantitative estimate of drug-likeness (QED) is 0.137. The number of aromatic hydroxyl groups is 1. The molecule has 0 saturated carbocycles. The third-order valence-corrected chi connectivity index (χ3v) is 6.42. The van der Waals surface area contributed by atoms with Crippen molar-refractivity contribution in [2.24, 2.45) is 4.99 Å². The number of ether oxygens (including phenoxy) is 5. The van der Waals surface area contributed by atoms with E-state index in [4.69, 9.17) is 35.9 Å². The molecule has 0 spiro atoms. The van der Waals surface area contributed by atoms with Crippen LogP contribution in [0.1, 0.15) is 33.4 Å². The second kappa shape index (κ2) is 13.4. The molecule has 39 heavy (non-hydrogen) atoms. The second-order valence-electron chi connectivity index (χ2n) is 8.24. The summed E-state index contributed by atoms with van der Waals surface area (Å²) in [5.41, 5.74) is -0.545. The molecule has 2 aromatic rings. The SMILES string of the molecule is CC(=O)OCC1O[C@@H](SC(=Nc2ccccc2)c2[nH]c(=S)[nH]c2O)C(OC(C)=O)C(OC(C)=O)[C@H]1OC(C)=O. The predicted octanol–water partition coefficient (Wildman–Crippen LogP) is 2.67. The number of aromatic nitrogens is 2. The van der Waals surface area contributed by atoms with E-state index in [-0.39, 0.29) is 28.0 Å². The molecule has 5 atom stereocenters. The van der Waals surface area contributed by atoms with Crippen molar-refractivity contribution in [1.82, 2.24) is 9.97 Å². The predicted molar refractivity (Wildman–Crippen MR) is 140 cm³/mol. The number of thioether (sulfide) groups is 1. The monoisotopic (exact) mass is 581 g/mol. The number of hydrogen-bond donors (Lipinski definition) is 3. The maximum Gasteiger partial charge on any atom is 0.303 e. The number of nitrogens with zero attached hydrogens (tertiary/aromatic N) is 1. The molecule has 13 nitrogen and oxygen atoms in total. The van der Waals surface area contributed by atoms with E-state index in [0.717, 1.165) is 32.5 Å². The standard InChI is InChI=1S/C24H27N3O10S2/c1-11(28)33-10-16-18(34-12(2)29)19(35-13(3)30)20(36-14(4)31)23(37-16)39-22(17-21(32)27-24(38)26-17)25-15-8-6-5-7-9-15/h5-9,16,18-20,23,32H,10H2,1-4H3,(H2,26,27,38)/t16?,18-,19?,20?,23-/m0/s1. The van der Waals surface area contributed by atoms with Gasteiger partial charge in [0.05, 0.1) is 5.69 Å². The van der Waals surface area contributed by atoms with Crippen molar-refractivity contribution in [2.45, 2.75) is 57.5 Å². The molecule has 1 saturated heterocycles. The smallest absolute Gasteiger partial charge is 0.303 e. The average molecular weight is 582 g/mol. The van der Waals surface area contributed by atoms with Gasteiger partial charge in [-0.1, -0.05) is 30.0 Å². The number of aromatic amines is 2. The van der Waals surface area contributed by atoms with Gasteiger partial charge in [-0.2, -0.15) is 0 Å². The number of carbonyl (C=O) groups is 4. The van der Waals surface area contributed by atoms with Gasteiger partial charge in [-0.05, 0) is 24.4 Å². The fourth-order valence-electron chi connectivity index (χ4n) is 3.68. The Kier molecular flexibility index (Phi) is 10.3. The molecule has 3 unspecified atom stereocenters. The molecule has 3 rings (SSSR count). The van der Waals surface area contributed by atoms with E-state index in [1.54, 1.807) is 30.3 Å². The first-order valence-electron chi connectivity index (χ1n) is 11.6. The molecule has 15 heteroatoms. The third-order valence-electron chi connectivity index (χ3n) is 5.08. The lowest BCUT2D eigenvalue weighted by Gasteiger charge is -2.44. The summed E-state index contributed by atoms with van der Waals surface area (Å²) in [7, 11) is 0. The lowest BCUT2D eigenvalue weighted by Crippen LogP contribution is -2.61. The molecule has 0 aliphatic carbocycles. The Morgan fingerprint density at radius 1 is 0.923 bits per heavy atom. The van der Waals surface area contributed by atoms with Crippen LogP contribution in [0.5, 0.6) is 5.88 Å². The van der Waals surface area contributed by atoms with E-state index in [1.807, 2.05) is 0 Å². The molecule has 3 N–H and O–H groups in total. The van der Waals surface area contributed by atoms with Crippen LogP contribution in [-0.2, 0) is 42.9 Å². The van der Waals surface area contributed by atoms with Gasteiger partial charge in [0.15, 0.2) is 28.5 Å². The first-order chi connectivity index (χ1) is 18.4. The first kappa shape index (κ1) is 29.9. The number of aliphatic imine (C=N–C) groups is 1. The van der Waals surface area contributed by atoms with Crippen molar-refractivity contribution in [3.05, 3.63) is 40.8 Å². The van der Waals surface area contributed by atoms with Crippen LogP contribution >= 0.6 is 24.0 Å². The molecular formula is C24H27N3O10S2. The minimum atomic E-state index is -1.35. The van der Waals surface area contributed by atoms with E-state index in [1.165, 1.54) is 6.92 Å². The molecule has 1 aliphatic rings. The number of rotatable bonds is 8. The lowest BCUT2D eigenvalue weighted by atomic mass is 9.99. The fraction of sp³-hybridized carbons (Fsp3) is 0.417. The minimum absolute atomic E-state index is 0.113. The highest BCUT2D eigenvalue weighted by Gasteiger charge is 2.53. The van der Waals surface area contributed by atoms with Crippen molar-refractivity contribution in [3.8, 4) is 5.88 Å². The molecule has 210 valence electrons. The van der Waals surface area contributed by atoms with E-state index in [9.17, 15) is 24.3 Å². The Hall–Kier alpha value is -3.69. The van der Waals surface area contributed by atoms with E-state index in [0.29, 0.717) is 5.69 Å². The number of H-pyrrole nitrogens is 2. The summed E-state index contributed by atoms with van der Waals surface area (Å²) >= 11 is 6.00. The second-order valence-corrected chi connectivity index (χ2v) is 9.74. The van der Waals surface area contributed by atoms with Gasteiger partial charge >= 0.3 is 23.9 Å². The molecular weight excluding hydrogens is 554 g/mol. The highest BCUT2D eigenvalue weighted by atomic mass is 32.2. The molecule has 2 heterocycles. The van der Waals surface area contributed by atoms with Crippen LogP contribution in [0.3, 0.4) is 0 Å². The van der Waals surface area contributed by atoms with Crippen LogP contribution < -0.4 is 0 Å². The zero-order chi connectivity index (χ0) is 28.7. The average Bonchev–Trinajstić information content (AvgIpc) is 3.18. The van der Waals surface area contributed by atoms with E-state index < -0.39 is 53.7 Å². The zero-order valence-corrected chi connectivity index (χ0v) is 23.0. The van der Waals surface area contributed by atoms with Gasteiger partial charge < -0.3 is 38.8 Å². The van der Waals surface area contributed by atoms with Crippen LogP contribution in [0.4, 0.5) is 5.69 Å². The summed E-state index contributed by atoms with van der Waals surface area (Å²) in [5, 5.41) is 10.6. The number of imidazole rings is 1. The van der Waals surface area contributed by atoms with Gasteiger partial charge in [-0.25, -0.2) is 4.99 Å². The summed E-state index contributed by atoms with van der Waals surface area (Å²) in [5.74, 6) is -3.18. The van der Waals surface area contributed by atoms with Crippen molar-refractivity contribution >= 4 is 58.6 Å². The van der Waals surface area contributed by atoms with E-state index >= 15 is 0 Å². The molecule has 0 amide bonds. The van der Waals surface area contributed by atoms with Crippen molar-refractivity contribution < 1.29 is 48.0 Å². The summed E-state index contributed by atoms with van der Waals surface area (Å²) < 4.78 is 27.7. The Labute approximate surface area is 232 Å². The van der Waals surface area contributed by atoms with Gasteiger partial charge in [0.2, 0.25) is 5.88 Å². The molecule has 0 radical (unpaired) electrons. The largest absolute Gasteiger partial charge is 0.493 e. The first-order valence-corrected chi connectivity index (χ1v) is 12.9. The summed E-state index contributed by atoms with van der Waals surface area (Å²) in [6, 6.07) is 8.74. The number of nitrogens with one attached hydrogen (secondary N) is 2. The Balaban J connectivity index is 2.11. The highest BCUT2D eigenvalue weighted by Crippen LogP contribution is 2.37. The molecule has 1 fully saturated rings. The highest BCUT2D eigenvalue weighted by molar-refractivity contribution is 8.14. The Morgan fingerprint density at radius 2 is 1.51 bits per heavy atom. The van der Waals surface area contributed by atoms with Gasteiger partial charge in [-0.15, -0.1) is 0 Å². The van der Waals surface area contributed by atoms with Gasteiger partial charge in [0.1, 0.15) is 23.4 Å². The van der Waals surface area contributed by atoms with Crippen LogP contribution in [0.15, 0.2) is 35.3 Å². The molecule has 1 aliphatic heterocycles. The normalized spacial score (nSPS) is 23.0. The van der Waals surface area contributed by atoms with Crippen molar-refractivity contribution in [2.75, 3.05) is 6.61 Å². The number of esters is 4. The number of hydrogen-bond acceptors (Lipinski definition) is 13. The molecule has 1 aromatic carbocycles. The fourth-order valence-corrected chi connectivity index (χ4v) is 5.07. The maximum atomic E-state index is 12.1. The topological polar surface area (TPSA) is 179 Å². The maximum absolute atomic E-state index is 12.1. The van der Waals surface area contributed by atoms with Gasteiger partial charge in [-0.3, -0.25) is 19.2 Å². The minimum Gasteiger partial charge on any atom is -0.493 e. The van der Waals surface area contributed by atoms with E-state index in [2.05, 4.69) is 15.0 Å². The molecule has 1 aromatic heterocycles. The van der Waals surface area contributed by atoms with Crippen LogP contribution in [0.2, 0.25) is 0 Å². The van der Waals surface area contributed by atoms with Gasteiger partial charge in [0.25, 0.3) is 0 Å². The lowest BCUT2D eigenvalue weighted by molar-refractivity contribution is -0.237. The Bertz CT molecular complexity index is 1290. The number of para-hydroxylation sites is 1. The molecule has 0 bridgehead atoms. The third kappa shape index (κ3) is 8.40. The van der Waals surface area contributed by atoms with Crippen molar-refractivity contribution in [1.29, 1.82) is 0 Å². The summed E-state index contributed by atoms with van der Waals surface area (Å²) in [6.45, 7) is 4.22. The Morgan fingerprint density at radius 3 is 2.05 bits per heavy atom. The van der Waals surface area contributed by atoms with Crippen LogP contribution in [0.25, 0.3) is 0 Å². The van der Waals surface area contributed by atoms with Crippen LogP contribution in [-0.4, -0.2) is 80.5 Å². The zero-order valence-electron chi connectivity index (χ0n) is 21.4. The number of benzene rings is 1. The van der Waals surface area contributed by atoms with Crippen molar-refractivity contribution in [3.63, 3.8) is 0 Å². The summed E-state index contributed by atoms with van der Waals surface area (Å²) in [4.78, 5) is 57.7. The number of carbonyl (C=O) groups excluding carboxylic acids is 4. The summed E-state index contributed by atoms with van der Waals surface area (Å²) in [6.07, 6.45) is -5.10. The van der Waals surface area contributed by atoms with Gasteiger partial charge in [0, 0.05) is 27.7 Å².